The summed E-state index contributed by atoms with van der Waals surface area (Å²) in [6.45, 7) is 1.80. The van der Waals surface area contributed by atoms with Gasteiger partial charge in [-0.1, -0.05) is 48.5 Å². The van der Waals surface area contributed by atoms with Gasteiger partial charge in [0.1, 0.15) is 5.82 Å². The molecule has 0 fully saturated rings. The maximum atomic E-state index is 13.5. The van der Waals surface area contributed by atoms with Crippen LogP contribution in [0.15, 0.2) is 84.9 Å². The maximum Gasteiger partial charge on any atom is 0.254 e. The van der Waals surface area contributed by atoms with E-state index in [4.69, 9.17) is 5.10 Å². The van der Waals surface area contributed by atoms with E-state index in [-0.39, 0.29) is 11.7 Å². The van der Waals surface area contributed by atoms with E-state index in [1.54, 1.807) is 12.1 Å². The number of amides is 1. The number of fused-ring (bicyclic) bond motifs is 1. The molecule has 154 valence electrons. The predicted molar refractivity (Wildman–Crippen MR) is 118 cm³/mol. The SMILES string of the molecule is O=C(c1ccccc1)N1CCc2c(c(-c3ccc(F)cc3)nn2Cc2ccccc2)C1. The van der Waals surface area contributed by atoms with E-state index >= 15 is 0 Å². The standard InChI is InChI=1S/C26H22FN3O/c27-22-13-11-20(12-14-22)25-23-18-29(26(31)21-9-5-2-6-10-21)16-15-24(23)30(28-25)17-19-7-3-1-4-8-19/h1-14H,15-18H2. The predicted octanol–water partition coefficient (Wildman–Crippen LogP) is 4.94. The Balaban J connectivity index is 1.53. The third-order valence-electron chi connectivity index (χ3n) is 5.73. The molecule has 0 saturated heterocycles. The van der Waals surface area contributed by atoms with Gasteiger partial charge >= 0.3 is 0 Å². The van der Waals surface area contributed by atoms with Crippen molar-refractivity contribution >= 4 is 5.91 Å². The summed E-state index contributed by atoms with van der Waals surface area (Å²) in [6.07, 6.45) is 0.731. The number of carbonyl (C=O) groups is 1. The Morgan fingerprint density at radius 1 is 0.903 bits per heavy atom. The summed E-state index contributed by atoms with van der Waals surface area (Å²) in [5, 5.41) is 4.91. The summed E-state index contributed by atoms with van der Waals surface area (Å²) in [5.74, 6) is -0.255. The fourth-order valence-electron chi connectivity index (χ4n) is 4.15. The van der Waals surface area contributed by atoms with Crippen LogP contribution in [-0.4, -0.2) is 27.1 Å². The van der Waals surface area contributed by atoms with Crippen molar-refractivity contribution in [2.75, 3.05) is 6.54 Å². The topological polar surface area (TPSA) is 38.1 Å². The van der Waals surface area contributed by atoms with Crippen LogP contribution >= 0.6 is 0 Å². The minimum absolute atomic E-state index is 0.0205. The fraction of sp³-hybridized carbons (Fsp3) is 0.154. The first-order valence-corrected chi connectivity index (χ1v) is 10.4. The zero-order valence-electron chi connectivity index (χ0n) is 17.0. The molecule has 0 saturated carbocycles. The van der Waals surface area contributed by atoms with E-state index < -0.39 is 0 Å². The van der Waals surface area contributed by atoms with E-state index in [2.05, 4.69) is 12.1 Å². The van der Waals surface area contributed by atoms with Crippen LogP contribution in [0.2, 0.25) is 0 Å². The molecule has 1 amide bonds. The van der Waals surface area contributed by atoms with Crippen molar-refractivity contribution in [1.82, 2.24) is 14.7 Å². The molecule has 0 radical (unpaired) electrons. The Morgan fingerprint density at radius 3 is 2.29 bits per heavy atom. The van der Waals surface area contributed by atoms with E-state index in [9.17, 15) is 9.18 Å². The zero-order chi connectivity index (χ0) is 21.2. The molecule has 0 aliphatic carbocycles. The molecule has 0 atom stereocenters. The maximum absolute atomic E-state index is 13.5. The molecular weight excluding hydrogens is 389 g/mol. The van der Waals surface area contributed by atoms with Gasteiger partial charge in [-0.2, -0.15) is 5.10 Å². The number of nitrogens with zero attached hydrogens (tertiary/aromatic N) is 3. The monoisotopic (exact) mass is 411 g/mol. The van der Waals surface area contributed by atoms with Crippen molar-refractivity contribution in [2.45, 2.75) is 19.5 Å². The highest BCUT2D eigenvalue weighted by Crippen LogP contribution is 2.31. The Hall–Kier alpha value is -3.73. The lowest BCUT2D eigenvalue weighted by Crippen LogP contribution is -2.36. The summed E-state index contributed by atoms with van der Waals surface area (Å²) >= 11 is 0. The number of halogens is 1. The molecule has 5 rings (SSSR count). The van der Waals surface area contributed by atoms with Gasteiger partial charge < -0.3 is 4.90 Å². The fourth-order valence-corrected chi connectivity index (χ4v) is 4.15. The average Bonchev–Trinajstić information content (AvgIpc) is 3.18. The van der Waals surface area contributed by atoms with Crippen molar-refractivity contribution in [3.8, 4) is 11.3 Å². The molecule has 4 aromatic rings. The van der Waals surface area contributed by atoms with Crippen molar-refractivity contribution in [3.63, 3.8) is 0 Å². The molecule has 1 aliphatic rings. The quantitative estimate of drug-likeness (QED) is 0.477. The lowest BCUT2D eigenvalue weighted by molar-refractivity contribution is 0.0733. The average molecular weight is 411 g/mol. The first kappa shape index (κ1) is 19.2. The van der Waals surface area contributed by atoms with Gasteiger partial charge in [0.05, 0.1) is 12.2 Å². The van der Waals surface area contributed by atoms with Gasteiger partial charge in [0.15, 0.2) is 0 Å². The van der Waals surface area contributed by atoms with Crippen LogP contribution in [-0.2, 0) is 19.5 Å². The van der Waals surface area contributed by atoms with Gasteiger partial charge in [-0.05, 0) is 42.0 Å². The van der Waals surface area contributed by atoms with Gasteiger partial charge in [0, 0.05) is 41.9 Å². The van der Waals surface area contributed by atoms with Gasteiger partial charge in [-0.3, -0.25) is 9.48 Å². The lowest BCUT2D eigenvalue weighted by atomic mass is 10.00. The number of hydrogen-bond donors (Lipinski definition) is 0. The molecule has 0 spiro atoms. The number of benzene rings is 3. The van der Waals surface area contributed by atoms with Gasteiger partial charge in [0.2, 0.25) is 0 Å². The van der Waals surface area contributed by atoms with Crippen LogP contribution < -0.4 is 0 Å². The minimum Gasteiger partial charge on any atom is -0.334 e. The normalized spacial score (nSPS) is 13.1. The van der Waals surface area contributed by atoms with Crippen molar-refractivity contribution < 1.29 is 9.18 Å². The minimum atomic E-state index is -0.276. The highest BCUT2D eigenvalue weighted by atomic mass is 19.1. The van der Waals surface area contributed by atoms with Gasteiger partial charge in [-0.15, -0.1) is 0 Å². The number of aromatic nitrogens is 2. The van der Waals surface area contributed by atoms with E-state index in [1.807, 2.05) is 58.1 Å². The summed E-state index contributed by atoms with van der Waals surface area (Å²) < 4.78 is 15.5. The molecule has 0 bridgehead atoms. The summed E-state index contributed by atoms with van der Waals surface area (Å²) in [6, 6.07) is 26.0. The van der Waals surface area contributed by atoms with Gasteiger partial charge in [0.25, 0.3) is 5.91 Å². The molecule has 0 N–H and O–H groups in total. The van der Waals surface area contributed by atoms with Crippen molar-refractivity contribution in [2.24, 2.45) is 0 Å². The molecule has 31 heavy (non-hydrogen) atoms. The summed E-state index contributed by atoms with van der Waals surface area (Å²) in [7, 11) is 0. The Morgan fingerprint density at radius 2 is 1.58 bits per heavy atom. The van der Waals surface area contributed by atoms with Crippen LogP contribution in [0.25, 0.3) is 11.3 Å². The van der Waals surface area contributed by atoms with Crippen LogP contribution in [0.1, 0.15) is 27.2 Å². The summed E-state index contributed by atoms with van der Waals surface area (Å²) in [4.78, 5) is 14.9. The summed E-state index contributed by atoms with van der Waals surface area (Å²) in [5.41, 5.74) is 5.71. The molecule has 4 nitrogen and oxygen atoms in total. The molecule has 0 unspecified atom stereocenters. The molecule has 1 aromatic heterocycles. The highest BCUT2D eigenvalue weighted by Gasteiger charge is 2.28. The molecule has 3 aromatic carbocycles. The molecular formula is C26H22FN3O. The number of hydrogen-bond acceptors (Lipinski definition) is 2. The van der Waals surface area contributed by atoms with Crippen LogP contribution in [0.3, 0.4) is 0 Å². The Bertz CT molecular complexity index is 1200. The Kier molecular flexibility index (Phi) is 5.08. The number of rotatable bonds is 4. The zero-order valence-corrected chi connectivity index (χ0v) is 17.0. The highest BCUT2D eigenvalue weighted by molar-refractivity contribution is 5.94. The smallest absolute Gasteiger partial charge is 0.254 e. The lowest BCUT2D eigenvalue weighted by Gasteiger charge is -2.28. The second-order valence-corrected chi connectivity index (χ2v) is 7.77. The molecule has 1 aliphatic heterocycles. The largest absolute Gasteiger partial charge is 0.334 e. The molecule has 5 heteroatoms. The first-order valence-electron chi connectivity index (χ1n) is 10.4. The van der Waals surface area contributed by atoms with E-state index in [0.29, 0.717) is 25.2 Å². The third kappa shape index (κ3) is 3.87. The van der Waals surface area contributed by atoms with E-state index in [0.717, 1.165) is 28.9 Å². The second kappa shape index (κ2) is 8.19. The van der Waals surface area contributed by atoms with Gasteiger partial charge in [-0.25, -0.2) is 4.39 Å². The van der Waals surface area contributed by atoms with E-state index in [1.165, 1.54) is 17.7 Å². The number of carbonyl (C=O) groups excluding carboxylic acids is 1. The van der Waals surface area contributed by atoms with Crippen LogP contribution in [0.5, 0.6) is 0 Å². The first-order chi connectivity index (χ1) is 15.2. The van der Waals surface area contributed by atoms with Crippen molar-refractivity contribution in [3.05, 3.63) is 113 Å². The second-order valence-electron chi connectivity index (χ2n) is 7.77. The third-order valence-corrected chi connectivity index (χ3v) is 5.73. The van der Waals surface area contributed by atoms with Crippen LogP contribution in [0, 0.1) is 5.82 Å². The van der Waals surface area contributed by atoms with Crippen molar-refractivity contribution in [1.29, 1.82) is 0 Å². The Labute approximate surface area is 180 Å². The van der Waals surface area contributed by atoms with Crippen LogP contribution in [0.4, 0.5) is 4.39 Å². The molecule has 2 heterocycles.